The molecule has 0 saturated heterocycles. The lowest BCUT2D eigenvalue weighted by molar-refractivity contribution is -0.114. The van der Waals surface area contributed by atoms with Crippen LogP contribution in [0.3, 0.4) is 0 Å². The Hall–Kier alpha value is -0.640. The first kappa shape index (κ1) is 10.4. The van der Waals surface area contributed by atoms with Gasteiger partial charge in [0.2, 0.25) is 6.41 Å². The molecular weight excluding hydrogens is 160 g/mol. The van der Waals surface area contributed by atoms with E-state index in [1.165, 1.54) is 4.90 Å². The molecule has 0 N–H and O–H groups in total. The molecule has 0 aliphatic rings. The molecule has 11 heavy (non-hydrogen) atoms. The molecule has 0 aliphatic carbocycles. The van der Waals surface area contributed by atoms with Gasteiger partial charge in [-0.2, -0.15) is 0 Å². The van der Waals surface area contributed by atoms with Crippen LogP contribution in [0.15, 0.2) is 0 Å². The van der Waals surface area contributed by atoms with E-state index < -0.39 is 0 Å². The van der Waals surface area contributed by atoms with Gasteiger partial charge < -0.3 is 4.90 Å². The Kier molecular flexibility index (Phi) is 4.77. The summed E-state index contributed by atoms with van der Waals surface area (Å²) >= 11 is 5.02. The second-order valence-electron chi connectivity index (χ2n) is 2.17. The lowest BCUT2D eigenvalue weighted by Crippen LogP contribution is -2.39. The van der Waals surface area contributed by atoms with Crippen LogP contribution in [0.2, 0.25) is 0 Å². The number of hydrogen-bond donors (Lipinski definition) is 0. The maximum absolute atomic E-state index is 10.3. The van der Waals surface area contributed by atoms with Crippen LogP contribution in [0.1, 0.15) is 13.8 Å². The quantitative estimate of drug-likeness (QED) is 0.465. The van der Waals surface area contributed by atoms with E-state index in [2.05, 4.69) is 0 Å². The van der Waals surface area contributed by atoms with E-state index in [1.54, 1.807) is 7.05 Å². The first-order valence-corrected chi connectivity index (χ1v) is 4.05. The molecular formula is C7H14N2OS. The van der Waals surface area contributed by atoms with Gasteiger partial charge in [0.25, 0.3) is 0 Å². The molecule has 0 radical (unpaired) electrons. The third-order valence-corrected chi connectivity index (χ3v) is 2.04. The van der Waals surface area contributed by atoms with Crippen LogP contribution in [-0.4, -0.2) is 41.5 Å². The fraction of sp³-hybridized carbons (Fsp3) is 0.714. The third kappa shape index (κ3) is 2.84. The van der Waals surface area contributed by atoms with E-state index in [9.17, 15) is 4.79 Å². The average Bonchev–Trinajstić information content (AvgIpc) is 2.05. The fourth-order valence-corrected chi connectivity index (χ4v) is 1.06. The average molecular weight is 174 g/mol. The van der Waals surface area contributed by atoms with Crippen molar-refractivity contribution in [2.24, 2.45) is 0 Å². The molecule has 0 aromatic carbocycles. The topological polar surface area (TPSA) is 23.6 Å². The Morgan fingerprint density at radius 1 is 1.45 bits per heavy atom. The summed E-state index contributed by atoms with van der Waals surface area (Å²) in [6.45, 7) is 5.70. The zero-order valence-corrected chi connectivity index (χ0v) is 8.02. The Balaban J connectivity index is 4.08. The first-order valence-electron chi connectivity index (χ1n) is 3.64. The Bertz CT molecular complexity index is 145. The molecule has 64 valence electrons. The van der Waals surface area contributed by atoms with E-state index in [4.69, 9.17) is 12.2 Å². The minimum atomic E-state index is 0.588. The van der Waals surface area contributed by atoms with E-state index >= 15 is 0 Å². The van der Waals surface area contributed by atoms with Crippen molar-refractivity contribution in [3.63, 3.8) is 0 Å². The summed E-state index contributed by atoms with van der Waals surface area (Å²) in [5.74, 6) is 0. The summed E-state index contributed by atoms with van der Waals surface area (Å²) in [5, 5.41) is 0.588. The predicted molar refractivity (Wildman–Crippen MR) is 49.3 cm³/mol. The van der Waals surface area contributed by atoms with Crippen LogP contribution in [0, 0.1) is 0 Å². The van der Waals surface area contributed by atoms with Crippen LogP contribution >= 0.6 is 12.2 Å². The summed E-state index contributed by atoms with van der Waals surface area (Å²) < 4.78 is 0. The molecule has 0 aromatic heterocycles. The molecule has 1 amide bonds. The number of hydrogen-bond acceptors (Lipinski definition) is 2. The molecule has 4 heteroatoms. The lowest BCUT2D eigenvalue weighted by Gasteiger charge is -2.25. The largest absolute Gasteiger partial charge is 0.349 e. The van der Waals surface area contributed by atoms with Crippen LogP contribution in [-0.2, 0) is 4.79 Å². The molecule has 0 fully saturated rings. The third-order valence-electron chi connectivity index (χ3n) is 1.49. The summed E-state index contributed by atoms with van der Waals surface area (Å²) in [6, 6.07) is 0. The summed E-state index contributed by atoms with van der Waals surface area (Å²) in [6.07, 6.45) is 0.723. The highest BCUT2D eigenvalue weighted by molar-refractivity contribution is 7.80. The number of thiocarbonyl (C=S) groups is 1. The Morgan fingerprint density at radius 3 is 2.18 bits per heavy atom. The van der Waals surface area contributed by atoms with E-state index in [0.29, 0.717) is 5.11 Å². The molecule has 0 spiro atoms. The highest BCUT2D eigenvalue weighted by Crippen LogP contribution is 1.93. The van der Waals surface area contributed by atoms with E-state index in [0.717, 1.165) is 19.5 Å². The van der Waals surface area contributed by atoms with E-state index in [-0.39, 0.29) is 0 Å². The number of rotatable bonds is 3. The van der Waals surface area contributed by atoms with Crippen LogP contribution in [0.25, 0.3) is 0 Å². The molecule has 0 aromatic rings. The molecule has 3 nitrogen and oxygen atoms in total. The SMILES string of the molecule is CCN(CC)C(=S)N(C)C=O. The second kappa shape index (κ2) is 5.07. The Morgan fingerprint density at radius 2 is 1.91 bits per heavy atom. The second-order valence-corrected chi connectivity index (χ2v) is 2.54. The molecule has 0 atom stereocenters. The molecule has 0 rings (SSSR count). The number of nitrogens with zero attached hydrogens (tertiary/aromatic N) is 2. The zero-order valence-electron chi connectivity index (χ0n) is 7.20. The normalized spacial score (nSPS) is 9.00. The van der Waals surface area contributed by atoms with Crippen molar-refractivity contribution in [3.05, 3.63) is 0 Å². The zero-order chi connectivity index (χ0) is 8.85. The number of carbonyl (C=O) groups is 1. The van der Waals surface area contributed by atoms with Gasteiger partial charge in [-0.15, -0.1) is 0 Å². The van der Waals surface area contributed by atoms with Gasteiger partial charge in [0.05, 0.1) is 0 Å². The summed E-state index contributed by atoms with van der Waals surface area (Å²) in [4.78, 5) is 13.6. The van der Waals surface area contributed by atoms with Gasteiger partial charge in [0.15, 0.2) is 5.11 Å². The van der Waals surface area contributed by atoms with Gasteiger partial charge in [0, 0.05) is 20.1 Å². The molecule has 0 saturated carbocycles. The van der Waals surface area contributed by atoms with Gasteiger partial charge in [-0.1, -0.05) is 0 Å². The van der Waals surface area contributed by atoms with Crippen LogP contribution in [0.4, 0.5) is 0 Å². The monoisotopic (exact) mass is 174 g/mol. The van der Waals surface area contributed by atoms with Crippen molar-refractivity contribution in [3.8, 4) is 0 Å². The van der Waals surface area contributed by atoms with Crippen molar-refractivity contribution >= 4 is 23.7 Å². The molecule has 0 unspecified atom stereocenters. The minimum Gasteiger partial charge on any atom is -0.349 e. The van der Waals surface area contributed by atoms with E-state index in [1.807, 2.05) is 18.7 Å². The molecule has 0 heterocycles. The van der Waals surface area contributed by atoms with Gasteiger partial charge in [0.1, 0.15) is 0 Å². The highest BCUT2D eigenvalue weighted by Gasteiger charge is 2.08. The van der Waals surface area contributed by atoms with Crippen molar-refractivity contribution in [2.75, 3.05) is 20.1 Å². The van der Waals surface area contributed by atoms with Gasteiger partial charge in [-0.05, 0) is 26.1 Å². The number of carbonyl (C=O) groups excluding carboxylic acids is 1. The van der Waals surface area contributed by atoms with Crippen molar-refractivity contribution in [2.45, 2.75) is 13.8 Å². The van der Waals surface area contributed by atoms with Crippen molar-refractivity contribution < 1.29 is 4.79 Å². The van der Waals surface area contributed by atoms with Gasteiger partial charge in [-0.25, -0.2) is 0 Å². The summed E-state index contributed by atoms with van der Waals surface area (Å²) in [7, 11) is 1.66. The maximum atomic E-state index is 10.3. The Labute approximate surface area is 73.0 Å². The van der Waals surface area contributed by atoms with Crippen LogP contribution in [0.5, 0.6) is 0 Å². The standard InChI is InChI=1S/C7H14N2OS/c1-4-9(5-2)7(11)8(3)6-10/h6H,4-5H2,1-3H3. The lowest BCUT2D eigenvalue weighted by atomic mass is 10.5. The predicted octanol–water partition coefficient (Wildman–Crippen LogP) is 0.701. The number of amides is 1. The molecule has 0 aliphatic heterocycles. The van der Waals surface area contributed by atoms with Gasteiger partial charge >= 0.3 is 0 Å². The van der Waals surface area contributed by atoms with Gasteiger partial charge in [-0.3, -0.25) is 9.69 Å². The molecule has 0 bridgehead atoms. The fourth-order valence-electron chi connectivity index (χ4n) is 0.762. The van der Waals surface area contributed by atoms with Crippen molar-refractivity contribution in [1.29, 1.82) is 0 Å². The smallest absolute Gasteiger partial charge is 0.215 e. The first-order chi connectivity index (χ1) is 5.17. The van der Waals surface area contributed by atoms with Crippen molar-refractivity contribution in [1.82, 2.24) is 9.80 Å². The maximum Gasteiger partial charge on any atom is 0.215 e. The minimum absolute atomic E-state index is 0.588. The van der Waals surface area contributed by atoms with Crippen LogP contribution < -0.4 is 0 Å². The summed E-state index contributed by atoms with van der Waals surface area (Å²) in [5.41, 5.74) is 0. The highest BCUT2D eigenvalue weighted by atomic mass is 32.1.